The Hall–Kier alpha value is -3.25. The molecule has 152 valence electrons. The Bertz CT molecular complexity index is 1130. The molecule has 1 fully saturated rings. The Morgan fingerprint density at radius 3 is 3.00 bits per heavy atom. The summed E-state index contributed by atoms with van der Waals surface area (Å²) in [5.41, 5.74) is 4.79. The van der Waals surface area contributed by atoms with Crippen LogP contribution in [-0.4, -0.2) is 37.9 Å². The van der Waals surface area contributed by atoms with Crippen molar-refractivity contribution >= 4 is 22.7 Å². The second kappa shape index (κ2) is 8.24. The van der Waals surface area contributed by atoms with Crippen molar-refractivity contribution in [3.63, 3.8) is 0 Å². The van der Waals surface area contributed by atoms with Crippen LogP contribution in [0.25, 0.3) is 10.9 Å². The molecule has 2 N–H and O–H groups in total. The monoisotopic (exact) mass is 398 g/mol. The Morgan fingerprint density at radius 2 is 2.10 bits per heavy atom. The number of aryl methyl sites for hydroxylation is 1. The molecule has 4 heterocycles. The van der Waals surface area contributed by atoms with Gasteiger partial charge in [0.05, 0.1) is 5.69 Å². The van der Waals surface area contributed by atoms with E-state index in [1.54, 1.807) is 0 Å². The zero-order valence-corrected chi connectivity index (χ0v) is 17.2. The number of likely N-dealkylation sites (tertiary alicyclic amines) is 1. The van der Waals surface area contributed by atoms with Crippen molar-refractivity contribution in [1.29, 1.82) is 0 Å². The van der Waals surface area contributed by atoms with E-state index in [-0.39, 0.29) is 0 Å². The molecular formula is C24H26N6. The molecule has 1 saturated heterocycles. The number of anilines is 2. The highest BCUT2D eigenvalue weighted by atomic mass is 15.2. The lowest BCUT2D eigenvalue weighted by molar-refractivity contribution is 0.198. The number of nitrogens with one attached hydrogen (secondary N) is 2. The molecule has 30 heavy (non-hydrogen) atoms. The smallest absolute Gasteiger partial charge is 0.228 e. The lowest BCUT2D eigenvalue weighted by Gasteiger charge is -2.32. The number of hydrogen-bond donors (Lipinski definition) is 2. The molecule has 1 unspecified atom stereocenters. The number of piperidine rings is 1. The van der Waals surface area contributed by atoms with Gasteiger partial charge in [-0.05, 0) is 73.2 Å². The zero-order valence-electron chi connectivity index (χ0n) is 17.2. The van der Waals surface area contributed by atoms with Gasteiger partial charge in [0.15, 0.2) is 0 Å². The lowest BCUT2D eigenvalue weighted by Crippen LogP contribution is -2.34. The SMILES string of the molecule is Cc1ccc(Nc2nccc(C3CCCN(Cc4ccc5[nH]ccc5c4)C3)n2)nc1. The lowest BCUT2D eigenvalue weighted by atomic mass is 9.94. The normalized spacial score (nSPS) is 17.3. The second-order valence-electron chi connectivity index (χ2n) is 8.12. The molecule has 1 aromatic carbocycles. The van der Waals surface area contributed by atoms with Crippen LogP contribution in [0.15, 0.2) is 61.1 Å². The quantitative estimate of drug-likeness (QED) is 0.506. The van der Waals surface area contributed by atoms with E-state index in [0.717, 1.165) is 43.1 Å². The molecule has 6 heteroatoms. The number of aromatic nitrogens is 4. The number of fused-ring (bicyclic) bond motifs is 1. The molecule has 5 rings (SSSR count). The summed E-state index contributed by atoms with van der Waals surface area (Å²) in [7, 11) is 0. The number of aromatic amines is 1. The van der Waals surface area contributed by atoms with E-state index in [4.69, 9.17) is 4.98 Å². The number of hydrogen-bond acceptors (Lipinski definition) is 5. The number of H-pyrrole nitrogens is 1. The Morgan fingerprint density at radius 1 is 1.13 bits per heavy atom. The van der Waals surface area contributed by atoms with Gasteiger partial charge in [0.1, 0.15) is 5.82 Å². The molecule has 1 aliphatic heterocycles. The first-order valence-corrected chi connectivity index (χ1v) is 10.5. The maximum atomic E-state index is 4.80. The van der Waals surface area contributed by atoms with Crippen LogP contribution in [-0.2, 0) is 6.54 Å². The van der Waals surface area contributed by atoms with Crippen molar-refractivity contribution in [2.75, 3.05) is 18.4 Å². The van der Waals surface area contributed by atoms with E-state index < -0.39 is 0 Å². The molecule has 3 aromatic heterocycles. The summed E-state index contributed by atoms with van der Waals surface area (Å²) in [5.74, 6) is 1.80. The van der Waals surface area contributed by atoms with Gasteiger partial charge in [-0.1, -0.05) is 12.1 Å². The van der Waals surface area contributed by atoms with Gasteiger partial charge in [0.2, 0.25) is 5.95 Å². The highest BCUT2D eigenvalue weighted by molar-refractivity contribution is 5.79. The van der Waals surface area contributed by atoms with Gasteiger partial charge >= 0.3 is 0 Å². The van der Waals surface area contributed by atoms with Gasteiger partial charge in [-0.25, -0.2) is 15.0 Å². The van der Waals surface area contributed by atoms with Crippen LogP contribution >= 0.6 is 0 Å². The van der Waals surface area contributed by atoms with Crippen LogP contribution in [0, 0.1) is 6.92 Å². The predicted octanol–water partition coefficient (Wildman–Crippen LogP) is 4.78. The van der Waals surface area contributed by atoms with Gasteiger partial charge < -0.3 is 10.3 Å². The fourth-order valence-electron chi connectivity index (χ4n) is 4.22. The molecule has 0 bridgehead atoms. The van der Waals surface area contributed by atoms with Gasteiger partial charge in [0, 0.05) is 43.1 Å². The first-order valence-electron chi connectivity index (χ1n) is 10.5. The number of benzene rings is 1. The molecule has 1 atom stereocenters. The fourth-order valence-corrected chi connectivity index (χ4v) is 4.22. The molecule has 0 radical (unpaired) electrons. The highest BCUT2D eigenvalue weighted by Crippen LogP contribution is 2.27. The molecule has 0 aliphatic carbocycles. The van der Waals surface area contributed by atoms with Crippen molar-refractivity contribution in [2.24, 2.45) is 0 Å². The van der Waals surface area contributed by atoms with Gasteiger partial charge in [-0.3, -0.25) is 4.90 Å². The van der Waals surface area contributed by atoms with Gasteiger partial charge in [0.25, 0.3) is 0 Å². The number of pyridine rings is 1. The van der Waals surface area contributed by atoms with E-state index in [1.807, 2.05) is 43.7 Å². The third-order valence-electron chi connectivity index (χ3n) is 5.78. The summed E-state index contributed by atoms with van der Waals surface area (Å²) in [6.45, 7) is 5.15. The zero-order chi connectivity index (χ0) is 20.3. The largest absolute Gasteiger partial charge is 0.361 e. The minimum Gasteiger partial charge on any atom is -0.361 e. The topological polar surface area (TPSA) is 69.7 Å². The molecule has 0 amide bonds. The van der Waals surface area contributed by atoms with Crippen molar-refractivity contribution in [1.82, 2.24) is 24.8 Å². The maximum absolute atomic E-state index is 4.80. The molecule has 0 spiro atoms. The molecule has 0 saturated carbocycles. The van der Waals surface area contributed by atoms with Crippen molar-refractivity contribution in [3.05, 3.63) is 77.9 Å². The van der Waals surface area contributed by atoms with Gasteiger partial charge in [-0.15, -0.1) is 0 Å². The van der Waals surface area contributed by atoms with Crippen molar-refractivity contribution < 1.29 is 0 Å². The van der Waals surface area contributed by atoms with Crippen LogP contribution in [0.3, 0.4) is 0 Å². The summed E-state index contributed by atoms with van der Waals surface area (Å²) < 4.78 is 0. The highest BCUT2D eigenvalue weighted by Gasteiger charge is 2.23. The van der Waals surface area contributed by atoms with Crippen molar-refractivity contribution in [3.8, 4) is 0 Å². The Labute approximate surface area is 176 Å². The fraction of sp³-hybridized carbons (Fsp3) is 0.292. The summed E-state index contributed by atoms with van der Waals surface area (Å²) in [5, 5.41) is 4.50. The van der Waals surface area contributed by atoms with Crippen LogP contribution in [0.5, 0.6) is 0 Å². The second-order valence-corrected chi connectivity index (χ2v) is 8.12. The molecule has 6 nitrogen and oxygen atoms in total. The maximum Gasteiger partial charge on any atom is 0.228 e. The summed E-state index contributed by atoms with van der Waals surface area (Å²) in [6, 6.07) is 14.9. The first kappa shape index (κ1) is 18.8. The summed E-state index contributed by atoms with van der Waals surface area (Å²) >= 11 is 0. The average Bonchev–Trinajstić information content (AvgIpc) is 3.24. The molecule has 4 aromatic rings. The van der Waals surface area contributed by atoms with E-state index in [0.29, 0.717) is 11.9 Å². The minimum absolute atomic E-state index is 0.421. The van der Waals surface area contributed by atoms with Crippen LogP contribution in [0.2, 0.25) is 0 Å². The predicted molar refractivity (Wildman–Crippen MR) is 120 cm³/mol. The van der Waals surface area contributed by atoms with Gasteiger partial charge in [-0.2, -0.15) is 0 Å². The van der Waals surface area contributed by atoms with Crippen LogP contribution < -0.4 is 5.32 Å². The third kappa shape index (κ3) is 4.19. The summed E-state index contributed by atoms with van der Waals surface area (Å²) in [6.07, 6.45) is 8.03. The van der Waals surface area contributed by atoms with E-state index in [9.17, 15) is 0 Å². The Kier molecular flexibility index (Phi) is 5.15. The average molecular weight is 399 g/mol. The Balaban J connectivity index is 1.27. The van der Waals surface area contributed by atoms with Crippen molar-refractivity contribution in [2.45, 2.75) is 32.2 Å². The molecule has 1 aliphatic rings. The van der Waals surface area contributed by atoms with E-state index in [1.165, 1.54) is 22.9 Å². The van der Waals surface area contributed by atoms with Crippen LogP contribution in [0.1, 0.15) is 35.6 Å². The third-order valence-corrected chi connectivity index (χ3v) is 5.78. The molecular weight excluding hydrogens is 372 g/mol. The standard InChI is InChI=1S/C24H26N6/c1-17-4-7-23(27-14-17)29-24-26-11-9-22(28-24)20-3-2-12-30(16-20)15-18-5-6-21-19(13-18)8-10-25-21/h4-11,13-14,20,25H,2-3,12,15-16H2,1H3,(H,26,27,28,29). The van der Waals surface area contributed by atoms with E-state index >= 15 is 0 Å². The minimum atomic E-state index is 0.421. The number of nitrogens with zero attached hydrogens (tertiary/aromatic N) is 4. The number of rotatable bonds is 5. The first-order chi connectivity index (χ1) is 14.7. The van der Waals surface area contributed by atoms with Crippen LogP contribution in [0.4, 0.5) is 11.8 Å². The van der Waals surface area contributed by atoms with E-state index in [2.05, 4.69) is 49.4 Å². The summed E-state index contributed by atoms with van der Waals surface area (Å²) in [4.78, 5) is 19.4.